The first-order chi connectivity index (χ1) is 14.3. The number of thiophene rings is 1. The summed E-state index contributed by atoms with van der Waals surface area (Å²) in [4.78, 5) is 20.2. The maximum atomic E-state index is 12.9. The highest BCUT2D eigenvalue weighted by Gasteiger charge is 2.28. The van der Waals surface area contributed by atoms with Gasteiger partial charge in [0.05, 0.1) is 19.8 Å². The Hall–Kier alpha value is -1.82. The second kappa shape index (κ2) is 8.74. The molecule has 1 saturated heterocycles. The number of nitrogens with zero attached hydrogens (tertiary/aromatic N) is 3. The zero-order chi connectivity index (χ0) is 21.3. The number of anilines is 1. The summed E-state index contributed by atoms with van der Waals surface area (Å²) in [6, 6.07) is 9.78. The molecule has 0 aliphatic carbocycles. The third-order valence-corrected chi connectivity index (χ3v) is 8.65. The van der Waals surface area contributed by atoms with Crippen molar-refractivity contribution in [3.63, 3.8) is 0 Å². The average Bonchev–Trinajstić information content (AvgIpc) is 3.37. The van der Waals surface area contributed by atoms with Crippen molar-refractivity contribution in [1.82, 2.24) is 14.2 Å². The number of aromatic nitrogens is 1. The van der Waals surface area contributed by atoms with Gasteiger partial charge in [0.15, 0.2) is 5.13 Å². The number of carbonyl (C=O) groups excluding carboxylic acids is 1. The molecular formula is C19H19ClN4O3S3. The van der Waals surface area contributed by atoms with Crippen LogP contribution in [0.15, 0.2) is 46.7 Å². The highest BCUT2D eigenvalue weighted by Crippen LogP contribution is 2.33. The Bertz CT molecular complexity index is 1170. The Morgan fingerprint density at radius 1 is 1.17 bits per heavy atom. The van der Waals surface area contributed by atoms with E-state index < -0.39 is 15.9 Å². The molecule has 11 heteroatoms. The molecule has 1 N–H and O–H groups in total. The maximum absolute atomic E-state index is 12.9. The monoisotopic (exact) mass is 482 g/mol. The first-order valence-electron chi connectivity index (χ1n) is 9.14. The number of benzene rings is 1. The fourth-order valence-corrected chi connectivity index (χ4v) is 6.29. The molecule has 3 aromatic rings. The molecule has 4 rings (SSSR count). The molecule has 3 heterocycles. The number of thiazole rings is 1. The largest absolute Gasteiger partial charge is 0.304 e. The van der Waals surface area contributed by atoms with Crippen molar-refractivity contribution in [1.29, 1.82) is 0 Å². The van der Waals surface area contributed by atoms with E-state index in [1.807, 2.05) is 18.5 Å². The number of likely N-dealkylation sites (N-methyl/N-ethyl adjacent to an activating group) is 1. The highest BCUT2D eigenvalue weighted by atomic mass is 35.5. The van der Waals surface area contributed by atoms with Crippen molar-refractivity contribution in [2.45, 2.75) is 4.90 Å². The number of hydrogen-bond acceptors (Lipinski definition) is 7. The lowest BCUT2D eigenvalue weighted by Gasteiger charge is -2.31. The van der Waals surface area contributed by atoms with Crippen molar-refractivity contribution in [2.75, 3.05) is 38.5 Å². The molecule has 0 saturated carbocycles. The molecule has 1 fully saturated rings. The van der Waals surface area contributed by atoms with Gasteiger partial charge in [-0.1, -0.05) is 17.7 Å². The quantitative estimate of drug-likeness (QED) is 0.599. The highest BCUT2D eigenvalue weighted by molar-refractivity contribution is 7.89. The molecule has 0 radical (unpaired) electrons. The van der Waals surface area contributed by atoms with Gasteiger partial charge in [-0.3, -0.25) is 10.1 Å². The summed E-state index contributed by atoms with van der Waals surface area (Å²) in [6.07, 6.45) is 0. The van der Waals surface area contributed by atoms with Gasteiger partial charge in [0.25, 0.3) is 5.91 Å². The van der Waals surface area contributed by atoms with Crippen LogP contribution in [0.2, 0.25) is 4.34 Å². The van der Waals surface area contributed by atoms with E-state index in [1.165, 1.54) is 39.1 Å². The van der Waals surface area contributed by atoms with Gasteiger partial charge in [-0.15, -0.1) is 22.7 Å². The number of piperazine rings is 1. The molecule has 1 aliphatic heterocycles. The minimum Gasteiger partial charge on any atom is -0.304 e. The number of rotatable bonds is 5. The lowest BCUT2D eigenvalue weighted by atomic mass is 10.2. The van der Waals surface area contributed by atoms with E-state index in [0.29, 0.717) is 35.6 Å². The van der Waals surface area contributed by atoms with Crippen LogP contribution in [0.5, 0.6) is 0 Å². The Labute approximate surface area is 188 Å². The predicted molar refractivity (Wildman–Crippen MR) is 121 cm³/mol. The molecule has 0 bridgehead atoms. The summed E-state index contributed by atoms with van der Waals surface area (Å²) in [6.45, 7) is 2.23. The van der Waals surface area contributed by atoms with E-state index in [1.54, 1.807) is 18.2 Å². The van der Waals surface area contributed by atoms with Crippen LogP contribution in [0.1, 0.15) is 10.4 Å². The molecule has 2 aromatic heterocycles. The maximum Gasteiger partial charge on any atom is 0.257 e. The molecule has 1 aliphatic rings. The van der Waals surface area contributed by atoms with Crippen molar-refractivity contribution in [3.05, 3.63) is 51.7 Å². The van der Waals surface area contributed by atoms with Gasteiger partial charge < -0.3 is 4.90 Å². The van der Waals surface area contributed by atoms with Gasteiger partial charge in [0.2, 0.25) is 10.0 Å². The second-order valence-electron chi connectivity index (χ2n) is 6.83. The lowest BCUT2D eigenvalue weighted by Crippen LogP contribution is -2.47. The first kappa shape index (κ1) is 21.4. The number of amides is 1. The number of hydrogen-bond donors (Lipinski definition) is 1. The minimum absolute atomic E-state index is 0.118. The van der Waals surface area contributed by atoms with E-state index in [9.17, 15) is 13.2 Å². The van der Waals surface area contributed by atoms with E-state index in [4.69, 9.17) is 11.6 Å². The van der Waals surface area contributed by atoms with Crippen LogP contribution >= 0.6 is 34.3 Å². The third kappa shape index (κ3) is 4.58. The van der Waals surface area contributed by atoms with Crippen molar-refractivity contribution < 1.29 is 13.2 Å². The van der Waals surface area contributed by atoms with Gasteiger partial charge in [-0.2, -0.15) is 4.31 Å². The van der Waals surface area contributed by atoms with Crippen LogP contribution in [0.4, 0.5) is 5.13 Å². The molecule has 1 amide bonds. The second-order valence-corrected chi connectivity index (χ2v) is 11.3. The Balaban J connectivity index is 1.50. The number of sulfonamides is 1. The van der Waals surface area contributed by atoms with Crippen LogP contribution < -0.4 is 5.32 Å². The Morgan fingerprint density at radius 2 is 1.93 bits per heavy atom. The topological polar surface area (TPSA) is 82.6 Å². The normalized spacial score (nSPS) is 15.9. The zero-order valence-corrected chi connectivity index (χ0v) is 19.2. The smallest absolute Gasteiger partial charge is 0.257 e. The Morgan fingerprint density at radius 3 is 2.63 bits per heavy atom. The van der Waals surface area contributed by atoms with E-state index in [0.717, 1.165) is 10.6 Å². The minimum atomic E-state index is -3.64. The van der Waals surface area contributed by atoms with Gasteiger partial charge in [0, 0.05) is 37.1 Å². The molecule has 7 nitrogen and oxygen atoms in total. The first-order valence-corrected chi connectivity index (χ1v) is 12.7. The average molecular weight is 483 g/mol. The molecule has 0 unspecified atom stereocenters. The molecule has 30 heavy (non-hydrogen) atoms. The number of halogens is 1. The van der Waals surface area contributed by atoms with Gasteiger partial charge in [-0.25, -0.2) is 13.4 Å². The summed E-state index contributed by atoms with van der Waals surface area (Å²) in [5.41, 5.74) is 1.000. The molecule has 0 atom stereocenters. The van der Waals surface area contributed by atoms with Gasteiger partial charge in [0.1, 0.15) is 0 Å². The van der Waals surface area contributed by atoms with Crippen LogP contribution in [0.3, 0.4) is 0 Å². The van der Waals surface area contributed by atoms with Gasteiger partial charge in [-0.05, 0) is 37.4 Å². The van der Waals surface area contributed by atoms with E-state index in [-0.39, 0.29) is 10.5 Å². The summed E-state index contributed by atoms with van der Waals surface area (Å²) in [5.74, 6) is -0.407. The lowest BCUT2D eigenvalue weighted by molar-refractivity contribution is 0.102. The van der Waals surface area contributed by atoms with E-state index in [2.05, 4.69) is 15.2 Å². The van der Waals surface area contributed by atoms with Gasteiger partial charge >= 0.3 is 0 Å². The fourth-order valence-electron chi connectivity index (χ4n) is 3.04. The van der Waals surface area contributed by atoms with Crippen LogP contribution in [0, 0.1) is 0 Å². The van der Waals surface area contributed by atoms with Crippen molar-refractivity contribution >= 4 is 55.3 Å². The fraction of sp³-hybridized carbons (Fsp3) is 0.263. The van der Waals surface area contributed by atoms with Crippen molar-refractivity contribution in [2.24, 2.45) is 0 Å². The predicted octanol–water partition coefficient (Wildman–Crippen LogP) is 3.71. The zero-order valence-electron chi connectivity index (χ0n) is 16.0. The molecule has 158 valence electrons. The summed E-state index contributed by atoms with van der Waals surface area (Å²) in [7, 11) is -1.68. The summed E-state index contributed by atoms with van der Waals surface area (Å²) >= 11 is 8.67. The molecular weight excluding hydrogens is 464 g/mol. The summed E-state index contributed by atoms with van der Waals surface area (Å²) in [5, 5.41) is 5.02. The Kier molecular flexibility index (Phi) is 6.24. The number of carbonyl (C=O) groups is 1. The molecule has 0 spiro atoms. The van der Waals surface area contributed by atoms with Crippen LogP contribution in [0.25, 0.3) is 10.6 Å². The third-order valence-electron chi connectivity index (χ3n) is 4.75. The molecule has 1 aromatic carbocycles. The summed E-state index contributed by atoms with van der Waals surface area (Å²) < 4.78 is 28.0. The van der Waals surface area contributed by atoms with Crippen molar-refractivity contribution in [3.8, 4) is 10.6 Å². The SMILES string of the molecule is CN1CCN(S(=O)(=O)c2cccc(C(=O)Nc3nc(-c4ccc(Cl)s4)cs3)c2)CC1. The standard InChI is InChI=1S/C19H19ClN4O3S3/c1-23-7-9-24(10-8-23)30(26,27)14-4-2-3-13(11-14)18(25)22-19-21-15(12-28-19)16-5-6-17(20)29-16/h2-6,11-12H,7-10H2,1H3,(H,21,22,25). The van der Waals surface area contributed by atoms with E-state index >= 15 is 0 Å². The van der Waals surface area contributed by atoms with Crippen LogP contribution in [-0.4, -0.2) is 61.7 Å². The van der Waals surface area contributed by atoms with Crippen LogP contribution in [-0.2, 0) is 10.0 Å². The number of nitrogens with one attached hydrogen (secondary N) is 1.